The largest absolute Gasteiger partial charge is 0.489 e. The first-order valence-corrected chi connectivity index (χ1v) is 5.28. The van der Waals surface area contributed by atoms with Gasteiger partial charge in [-0.15, -0.1) is 0 Å². The summed E-state index contributed by atoms with van der Waals surface area (Å²) in [5, 5.41) is 3.34. The number of nitrogens with one attached hydrogen (secondary N) is 1. The Morgan fingerprint density at radius 1 is 1.29 bits per heavy atom. The lowest BCUT2D eigenvalue weighted by Crippen LogP contribution is -2.37. The van der Waals surface area contributed by atoms with Crippen LogP contribution in [0.15, 0.2) is 24.3 Å². The van der Waals surface area contributed by atoms with E-state index in [9.17, 15) is 0 Å². The van der Waals surface area contributed by atoms with Gasteiger partial charge in [0.15, 0.2) is 0 Å². The molecule has 0 aliphatic carbocycles. The minimum atomic E-state index is 0.353. The topological polar surface area (TPSA) is 21.3 Å². The molecule has 0 saturated carbocycles. The summed E-state index contributed by atoms with van der Waals surface area (Å²) in [6.45, 7) is 4.20. The van der Waals surface area contributed by atoms with E-state index >= 15 is 0 Å². The van der Waals surface area contributed by atoms with Crippen LogP contribution in [0.4, 0.5) is 0 Å². The molecular weight excluding hydrogens is 174 g/mol. The van der Waals surface area contributed by atoms with Gasteiger partial charge in [-0.05, 0) is 38.4 Å². The van der Waals surface area contributed by atoms with Crippen LogP contribution in [0.2, 0.25) is 0 Å². The number of hydrogen-bond donors (Lipinski definition) is 1. The van der Waals surface area contributed by atoms with Gasteiger partial charge in [0, 0.05) is 6.54 Å². The van der Waals surface area contributed by atoms with E-state index in [2.05, 4.69) is 24.4 Å². The third-order valence-corrected chi connectivity index (χ3v) is 2.58. The molecule has 0 amide bonds. The van der Waals surface area contributed by atoms with Gasteiger partial charge in [-0.2, -0.15) is 0 Å². The third-order valence-electron chi connectivity index (χ3n) is 2.58. The molecule has 0 spiro atoms. The molecule has 1 aliphatic heterocycles. The quantitative estimate of drug-likeness (QED) is 0.773. The number of piperidine rings is 1. The predicted octanol–water partition coefficient (Wildman–Crippen LogP) is 2.13. The number of hydrogen-bond acceptors (Lipinski definition) is 2. The maximum absolute atomic E-state index is 5.85. The second kappa shape index (κ2) is 4.47. The van der Waals surface area contributed by atoms with E-state index in [1.54, 1.807) is 0 Å². The lowest BCUT2D eigenvalue weighted by Gasteiger charge is -2.23. The molecule has 0 aromatic heterocycles. The van der Waals surface area contributed by atoms with E-state index in [1.165, 1.54) is 18.4 Å². The van der Waals surface area contributed by atoms with E-state index in [1.807, 2.05) is 12.1 Å². The summed E-state index contributed by atoms with van der Waals surface area (Å²) in [6, 6.07) is 8.27. The van der Waals surface area contributed by atoms with Crippen molar-refractivity contribution in [3.63, 3.8) is 0 Å². The zero-order valence-corrected chi connectivity index (χ0v) is 8.62. The third kappa shape index (κ3) is 2.48. The van der Waals surface area contributed by atoms with Crippen LogP contribution in [0.1, 0.15) is 18.4 Å². The van der Waals surface area contributed by atoms with Crippen LogP contribution in [0.3, 0.4) is 0 Å². The molecule has 1 fully saturated rings. The van der Waals surface area contributed by atoms with Crippen molar-refractivity contribution in [1.82, 2.24) is 5.32 Å². The monoisotopic (exact) mass is 191 g/mol. The Morgan fingerprint density at radius 2 is 2.07 bits per heavy atom. The van der Waals surface area contributed by atoms with Crippen LogP contribution in [-0.4, -0.2) is 19.2 Å². The molecule has 0 radical (unpaired) electrons. The normalized spacial score (nSPS) is 21.9. The van der Waals surface area contributed by atoms with Crippen molar-refractivity contribution in [1.29, 1.82) is 0 Å². The minimum Gasteiger partial charge on any atom is -0.489 e. The van der Waals surface area contributed by atoms with Crippen LogP contribution in [-0.2, 0) is 0 Å². The molecule has 2 rings (SSSR count). The van der Waals surface area contributed by atoms with Gasteiger partial charge in [-0.3, -0.25) is 0 Å². The first-order valence-electron chi connectivity index (χ1n) is 5.28. The van der Waals surface area contributed by atoms with Crippen molar-refractivity contribution in [3.8, 4) is 5.75 Å². The Bertz CT molecular complexity index is 275. The van der Waals surface area contributed by atoms with Gasteiger partial charge in [-0.1, -0.05) is 17.7 Å². The summed E-state index contributed by atoms with van der Waals surface area (Å²) in [6.07, 6.45) is 2.74. The van der Waals surface area contributed by atoms with Crippen LogP contribution < -0.4 is 10.1 Å². The van der Waals surface area contributed by atoms with Crippen molar-refractivity contribution >= 4 is 0 Å². The summed E-state index contributed by atoms with van der Waals surface area (Å²) in [5.41, 5.74) is 1.28. The molecule has 2 nitrogen and oxygen atoms in total. The molecule has 1 atom stereocenters. The van der Waals surface area contributed by atoms with Gasteiger partial charge in [0.2, 0.25) is 0 Å². The number of aryl methyl sites for hydroxylation is 1. The molecule has 1 aromatic carbocycles. The van der Waals surface area contributed by atoms with E-state index in [4.69, 9.17) is 4.74 Å². The highest BCUT2D eigenvalue weighted by Crippen LogP contribution is 2.16. The van der Waals surface area contributed by atoms with Crippen LogP contribution in [0.25, 0.3) is 0 Å². The molecule has 1 aromatic rings. The molecule has 1 N–H and O–H groups in total. The summed E-state index contributed by atoms with van der Waals surface area (Å²) < 4.78 is 5.85. The van der Waals surface area contributed by atoms with Crippen LogP contribution in [0, 0.1) is 6.92 Å². The maximum atomic E-state index is 5.85. The van der Waals surface area contributed by atoms with Crippen molar-refractivity contribution in [2.45, 2.75) is 25.9 Å². The summed E-state index contributed by atoms with van der Waals surface area (Å²) >= 11 is 0. The average molecular weight is 191 g/mol. The standard InChI is InChI=1S/C12H17NO/c1-10-4-6-11(7-5-10)14-12-3-2-8-13-9-12/h4-7,12-13H,2-3,8-9H2,1H3/t12-/m1/s1. The molecule has 1 aliphatic rings. The molecule has 1 heterocycles. The Balaban J connectivity index is 1.92. The predicted molar refractivity (Wildman–Crippen MR) is 57.7 cm³/mol. The van der Waals surface area contributed by atoms with Gasteiger partial charge in [-0.25, -0.2) is 0 Å². The van der Waals surface area contributed by atoms with Gasteiger partial charge in [0.05, 0.1) is 0 Å². The molecule has 0 bridgehead atoms. The molecule has 1 saturated heterocycles. The van der Waals surface area contributed by atoms with E-state index < -0.39 is 0 Å². The van der Waals surface area contributed by atoms with Crippen molar-refractivity contribution in [2.24, 2.45) is 0 Å². The fourth-order valence-electron chi connectivity index (χ4n) is 1.73. The van der Waals surface area contributed by atoms with Gasteiger partial charge >= 0.3 is 0 Å². The Hall–Kier alpha value is -1.02. The van der Waals surface area contributed by atoms with Crippen LogP contribution in [0.5, 0.6) is 5.75 Å². The molecule has 76 valence electrons. The van der Waals surface area contributed by atoms with Gasteiger partial charge in [0.1, 0.15) is 11.9 Å². The fraction of sp³-hybridized carbons (Fsp3) is 0.500. The summed E-state index contributed by atoms with van der Waals surface area (Å²) in [7, 11) is 0. The lowest BCUT2D eigenvalue weighted by molar-refractivity contribution is 0.167. The van der Waals surface area contributed by atoms with E-state index in [-0.39, 0.29) is 0 Å². The summed E-state index contributed by atoms with van der Waals surface area (Å²) in [4.78, 5) is 0. The Morgan fingerprint density at radius 3 is 2.71 bits per heavy atom. The van der Waals surface area contributed by atoms with Gasteiger partial charge in [0.25, 0.3) is 0 Å². The van der Waals surface area contributed by atoms with Gasteiger partial charge < -0.3 is 10.1 Å². The lowest BCUT2D eigenvalue weighted by atomic mass is 10.1. The molecule has 0 unspecified atom stereocenters. The fourth-order valence-corrected chi connectivity index (χ4v) is 1.73. The Kier molecular flexibility index (Phi) is 3.04. The SMILES string of the molecule is Cc1ccc(O[C@@H]2CCCNC2)cc1. The van der Waals surface area contributed by atoms with Crippen molar-refractivity contribution in [2.75, 3.05) is 13.1 Å². The second-order valence-electron chi connectivity index (χ2n) is 3.90. The number of ether oxygens (including phenoxy) is 1. The zero-order valence-electron chi connectivity index (χ0n) is 8.62. The average Bonchev–Trinajstić information content (AvgIpc) is 2.23. The van der Waals surface area contributed by atoms with Crippen molar-refractivity contribution in [3.05, 3.63) is 29.8 Å². The molecule has 14 heavy (non-hydrogen) atoms. The van der Waals surface area contributed by atoms with E-state index in [0.29, 0.717) is 6.10 Å². The second-order valence-corrected chi connectivity index (χ2v) is 3.90. The molecule has 2 heteroatoms. The first kappa shape index (κ1) is 9.53. The highest BCUT2D eigenvalue weighted by atomic mass is 16.5. The van der Waals surface area contributed by atoms with Crippen molar-refractivity contribution < 1.29 is 4.74 Å². The maximum Gasteiger partial charge on any atom is 0.119 e. The van der Waals surface area contributed by atoms with E-state index in [0.717, 1.165) is 18.8 Å². The highest BCUT2D eigenvalue weighted by molar-refractivity contribution is 5.26. The Labute approximate surface area is 85.3 Å². The van der Waals surface area contributed by atoms with Crippen LogP contribution >= 0.6 is 0 Å². The highest BCUT2D eigenvalue weighted by Gasteiger charge is 2.13. The zero-order chi connectivity index (χ0) is 9.80. The summed E-state index contributed by atoms with van der Waals surface area (Å²) in [5.74, 6) is 0.990. The first-order chi connectivity index (χ1) is 6.84. The number of benzene rings is 1. The smallest absolute Gasteiger partial charge is 0.119 e. The molecular formula is C12H17NO. The minimum absolute atomic E-state index is 0.353. The number of rotatable bonds is 2.